The molecule has 100 valence electrons. The average molecular weight is 280 g/mol. The molecule has 1 aromatic heterocycles. The minimum absolute atomic E-state index is 0.236. The molecule has 0 unspecified atom stereocenters. The molecule has 0 bridgehead atoms. The second kappa shape index (κ2) is 5.25. The molecule has 1 saturated heterocycles. The number of anilines is 1. The molecule has 0 amide bonds. The van der Waals surface area contributed by atoms with Crippen LogP contribution in [0.5, 0.6) is 0 Å². The highest BCUT2D eigenvalue weighted by Gasteiger charge is 2.18. The van der Waals surface area contributed by atoms with E-state index in [-0.39, 0.29) is 11.4 Å². The van der Waals surface area contributed by atoms with Crippen molar-refractivity contribution in [3.05, 3.63) is 34.7 Å². The molecule has 19 heavy (non-hydrogen) atoms. The lowest BCUT2D eigenvalue weighted by Crippen LogP contribution is -2.30. The van der Waals surface area contributed by atoms with E-state index in [9.17, 15) is 8.78 Å². The molecule has 2 nitrogen and oxygen atoms in total. The van der Waals surface area contributed by atoms with Crippen LogP contribution in [0.25, 0.3) is 11.3 Å². The van der Waals surface area contributed by atoms with Gasteiger partial charge in [0.1, 0.15) is 11.6 Å². The Balaban J connectivity index is 1.97. The van der Waals surface area contributed by atoms with Gasteiger partial charge in [0, 0.05) is 30.1 Å². The van der Waals surface area contributed by atoms with E-state index in [1.54, 1.807) is 10.9 Å². The van der Waals surface area contributed by atoms with Crippen LogP contribution in [0.15, 0.2) is 23.0 Å². The van der Waals surface area contributed by atoms with Crippen LogP contribution in [0, 0.1) is 11.6 Å². The molecule has 2 heterocycles. The van der Waals surface area contributed by atoms with Crippen LogP contribution in [-0.2, 0) is 0 Å². The van der Waals surface area contributed by atoms with Gasteiger partial charge in [0.05, 0.1) is 16.9 Å². The molecule has 0 saturated carbocycles. The van der Waals surface area contributed by atoms with Crippen molar-refractivity contribution in [2.75, 3.05) is 18.0 Å². The first-order valence-corrected chi connectivity index (χ1v) is 7.32. The van der Waals surface area contributed by atoms with E-state index in [2.05, 4.69) is 4.98 Å². The summed E-state index contributed by atoms with van der Waals surface area (Å²) in [6, 6.07) is 2.56. The third kappa shape index (κ3) is 2.47. The molecule has 5 heteroatoms. The number of hydrogen-bond acceptors (Lipinski definition) is 3. The first-order valence-electron chi connectivity index (χ1n) is 6.38. The lowest BCUT2D eigenvalue weighted by Gasteiger charge is -2.29. The number of thiazole rings is 1. The first-order chi connectivity index (χ1) is 9.25. The molecule has 1 fully saturated rings. The molecule has 1 aliphatic rings. The second-order valence-corrected chi connectivity index (χ2v) is 5.42. The highest BCUT2D eigenvalue weighted by Crippen LogP contribution is 2.30. The van der Waals surface area contributed by atoms with Gasteiger partial charge in [-0.3, -0.25) is 0 Å². The monoisotopic (exact) mass is 280 g/mol. The van der Waals surface area contributed by atoms with Crippen LogP contribution in [0.4, 0.5) is 14.5 Å². The molecule has 0 aliphatic carbocycles. The quantitative estimate of drug-likeness (QED) is 0.824. The minimum Gasteiger partial charge on any atom is -0.369 e. The summed E-state index contributed by atoms with van der Waals surface area (Å²) >= 11 is 1.37. The van der Waals surface area contributed by atoms with Crippen molar-refractivity contribution in [3.8, 4) is 11.3 Å². The molecular formula is C14H14F2N2S. The van der Waals surface area contributed by atoms with Crippen molar-refractivity contribution in [2.24, 2.45) is 0 Å². The minimum atomic E-state index is -0.409. The van der Waals surface area contributed by atoms with E-state index in [1.807, 2.05) is 4.90 Å². The Hall–Kier alpha value is -1.49. The Bertz CT molecular complexity index is 563. The van der Waals surface area contributed by atoms with Crippen LogP contribution in [-0.4, -0.2) is 18.1 Å². The zero-order valence-corrected chi connectivity index (χ0v) is 11.2. The molecule has 3 rings (SSSR count). The van der Waals surface area contributed by atoms with Crippen molar-refractivity contribution in [3.63, 3.8) is 0 Å². The fourth-order valence-corrected chi connectivity index (χ4v) is 3.01. The summed E-state index contributed by atoms with van der Waals surface area (Å²) in [6.07, 6.45) is 3.24. The maximum absolute atomic E-state index is 14.2. The predicted octanol–water partition coefficient (Wildman–Crippen LogP) is 4.08. The van der Waals surface area contributed by atoms with E-state index in [0.717, 1.165) is 32.4 Å². The molecule has 0 N–H and O–H groups in total. The van der Waals surface area contributed by atoms with Gasteiger partial charge < -0.3 is 4.90 Å². The Morgan fingerprint density at radius 2 is 1.84 bits per heavy atom. The molecule has 1 aromatic carbocycles. The number of piperidine rings is 1. The maximum Gasteiger partial charge on any atom is 0.147 e. The smallest absolute Gasteiger partial charge is 0.147 e. The molecular weight excluding hydrogens is 266 g/mol. The first kappa shape index (κ1) is 12.5. The standard InChI is InChI=1S/C14H14F2N2S/c15-11-7-14(18-4-2-1-3-5-18)12(16)6-10(11)13-8-19-9-17-13/h6-9H,1-5H2. The normalized spacial score (nSPS) is 15.8. The molecule has 2 aromatic rings. The van der Waals surface area contributed by atoms with E-state index in [4.69, 9.17) is 0 Å². The summed E-state index contributed by atoms with van der Waals surface area (Å²) in [4.78, 5) is 5.95. The SMILES string of the molecule is Fc1cc(N2CCCCC2)c(F)cc1-c1cscn1. The van der Waals surface area contributed by atoms with Gasteiger partial charge in [-0.15, -0.1) is 11.3 Å². The van der Waals surface area contributed by atoms with Gasteiger partial charge in [-0.2, -0.15) is 0 Å². The number of nitrogens with zero attached hydrogens (tertiary/aromatic N) is 2. The van der Waals surface area contributed by atoms with Gasteiger partial charge in [0.15, 0.2) is 0 Å². The largest absolute Gasteiger partial charge is 0.369 e. The summed E-state index contributed by atoms with van der Waals surface area (Å²) in [5.74, 6) is -0.779. The predicted molar refractivity (Wildman–Crippen MR) is 73.5 cm³/mol. The summed E-state index contributed by atoms with van der Waals surface area (Å²) in [5.41, 5.74) is 2.72. The third-order valence-electron chi connectivity index (χ3n) is 3.44. The Labute approximate surface area is 114 Å². The van der Waals surface area contributed by atoms with E-state index < -0.39 is 5.82 Å². The summed E-state index contributed by atoms with van der Waals surface area (Å²) in [7, 11) is 0. The number of benzene rings is 1. The van der Waals surface area contributed by atoms with E-state index in [0.29, 0.717) is 11.4 Å². The lowest BCUT2D eigenvalue weighted by molar-refractivity contribution is 0.550. The van der Waals surface area contributed by atoms with Gasteiger partial charge >= 0.3 is 0 Å². The Morgan fingerprint density at radius 1 is 1.05 bits per heavy atom. The zero-order chi connectivity index (χ0) is 13.2. The highest BCUT2D eigenvalue weighted by molar-refractivity contribution is 7.07. The van der Waals surface area contributed by atoms with Gasteiger partial charge in [-0.25, -0.2) is 13.8 Å². The van der Waals surface area contributed by atoms with Gasteiger partial charge in [-0.05, 0) is 25.3 Å². The van der Waals surface area contributed by atoms with Crippen LogP contribution in [0.1, 0.15) is 19.3 Å². The molecule has 1 aliphatic heterocycles. The van der Waals surface area contributed by atoms with Gasteiger partial charge in [0.2, 0.25) is 0 Å². The summed E-state index contributed by atoms with van der Waals surface area (Å²) < 4.78 is 28.3. The fraction of sp³-hybridized carbons (Fsp3) is 0.357. The van der Waals surface area contributed by atoms with Crippen molar-refractivity contribution < 1.29 is 8.78 Å². The van der Waals surface area contributed by atoms with Crippen LogP contribution < -0.4 is 4.90 Å². The number of rotatable bonds is 2. The topological polar surface area (TPSA) is 16.1 Å². The van der Waals surface area contributed by atoms with Crippen LogP contribution in [0.2, 0.25) is 0 Å². The average Bonchev–Trinajstić information content (AvgIpc) is 2.96. The Kier molecular flexibility index (Phi) is 3.46. The highest BCUT2D eigenvalue weighted by atomic mass is 32.1. The van der Waals surface area contributed by atoms with Crippen LogP contribution >= 0.6 is 11.3 Å². The van der Waals surface area contributed by atoms with Gasteiger partial charge in [0.25, 0.3) is 0 Å². The third-order valence-corrected chi connectivity index (χ3v) is 4.03. The molecule has 0 spiro atoms. The summed E-state index contributed by atoms with van der Waals surface area (Å²) in [5, 5.41) is 1.72. The number of halogens is 2. The summed E-state index contributed by atoms with van der Waals surface area (Å²) in [6.45, 7) is 1.60. The second-order valence-electron chi connectivity index (χ2n) is 4.70. The fourth-order valence-electron chi connectivity index (χ4n) is 2.46. The van der Waals surface area contributed by atoms with Crippen molar-refractivity contribution in [1.82, 2.24) is 4.98 Å². The van der Waals surface area contributed by atoms with Crippen molar-refractivity contribution >= 4 is 17.0 Å². The number of hydrogen-bond donors (Lipinski definition) is 0. The lowest BCUT2D eigenvalue weighted by atomic mass is 10.1. The van der Waals surface area contributed by atoms with Crippen molar-refractivity contribution in [2.45, 2.75) is 19.3 Å². The zero-order valence-electron chi connectivity index (χ0n) is 10.4. The van der Waals surface area contributed by atoms with E-state index in [1.165, 1.54) is 23.5 Å². The van der Waals surface area contributed by atoms with Crippen LogP contribution in [0.3, 0.4) is 0 Å². The Morgan fingerprint density at radius 3 is 2.53 bits per heavy atom. The van der Waals surface area contributed by atoms with E-state index >= 15 is 0 Å². The van der Waals surface area contributed by atoms with Gasteiger partial charge in [-0.1, -0.05) is 0 Å². The molecule has 0 atom stereocenters. The maximum atomic E-state index is 14.2. The number of aromatic nitrogens is 1. The molecule has 0 radical (unpaired) electrons. The van der Waals surface area contributed by atoms with Crippen molar-refractivity contribution in [1.29, 1.82) is 0 Å².